The molecular formula is C11H15N5. The fourth-order valence-electron chi connectivity index (χ4n) is 1.48. The van der Waals surface area contributed by atoms with Crippen molar-refractivity contribution in [2.24, 2.45) is 0 Å². The fraction of sp³-hybridized carbons (Fsp3) is 0.364. The van der Waals surface area contributed by atoms with Crippen LogP contribution in [-0.2, 0) is 6.42 Å². The summed E-state index contributed by atoms with van der Waals surface area (Å²) in [7, 11) is 0. The Hall–Kier alpha value is -1.91. The first-order valence-electron chi connectivity index (χ1n) is 5.36. The number of aryl methyl sites for hydroxylation is 2. The van der Waals surface area contributed by atoms with Crippen LogP contribution in [0, 0.1) is 6.92 Å². The standard InChI is InChI=1S/C11H15N5/c1-9-11(16-8-5-12-9)15-4-2-3-10-13-6-7-14-10/h5-8H,2-4H2,1H3,(H,13,14)(H,15,16). The van der Waals surface area contributed by atoms with E-state index in [1.54, 1.807) is 18.6 Å². The molecule has 0 fully saturated rings. The van der Waals surface area contributed by atoms with Crippen LogP contribution < -0.4 is 5.32 Å². The Kier molecular flexibility index (Phi) is 3.48. The number of aromatic amines is 1. The summed E-state index contributed by atoms with van der Waals surface area (Å²) in [6, 6.07) is 0. The van der Waals surface area contributed by atoms with Gasteiger partial charge < -0.3 is 10.3 Å². The van der Waals surface area contributed by atoms with Gasteiger partial charge in [-0.1, -0.05) is 0 Å². The van der Waals surface area contributed by atoms with Crippen LogP contribution in [0.5, 0.6) is 0 Å². The van der Waals surface area contributed by atoms with Crippen LogP contribution in [0.3, 0.4) is 0 Å². The third-order valence-corrected chi connectivity index (χ3v) is 2.32. The Morgan fingerprint density at radius 2 is 2.06 bits per heavy atom. The number of H-pyrrole nitrogens is 1. The molecule has 0 aromatic carbocycles. The first kappa shape index (κ1) is 10.6. The van der Waals surface area contributed by atoms with E-state index in [-0.39, 0.29) is 0 Å². The van der Waals surface area contributed by atoms with E-state index in [0.29, 0.717) is 0 Å². The summed E-state index contributed by atoms with van der Waals surface area (Å²) in [4.78, 5) is 15.6. The zero-order chi connectivity index (χ0) is 11.2. The van der Waals surface area contributed by atoms with Crippen molar-refractivity contribution in [3.05, 3.63) is 36.3 Å². The average molecular weight is 217 g/mol. The zero-order valence-corrected chi connectivity index (χ0v) is 9.27. The largest absolute Gasteiger partial charge is 0.369 e. The van der Waals surface area contributed by atoms with Crippen LogP contribution in [0.1, 0.15) is 17.9 Å². The molecule has 5 heteroatoms. The van der Waals surface area contributed by atoms with Crippen molar-refractivity contribution in [1.82, 2.24) is 19.9 Å². The number of aromatic nitrogens is 4. The predicted octanol–water partition coefficient (Wildman–Crippen LogP) is 1.55. The summed E-state index contributed by atoms with van der Waals surface area (Å²) in [6.45, 7) is 2.82. The SMILES string of the molecule is Cc1nccnc1NCCCc1ncc[nH]1. The Labute approximate surface area is 94.4 Å². The van der Waals surface area contributed by atoms with Crippen LogP contribution in [-0.4, -0.2) is 26.5 Å². The average Bonchev–Trinajstić information content (AvgIpc) is 2.79. The number of rotatable bonds is 5. The molecule has 0 aliphatic heterocycles. The first-order chi connectivity index (χ1) is 7.86. The summed E-state index contributed by atoms with van der Waals surface area (Å²) < 4.78 is 0. The molecule has 0 atom stereocenters. The summed E-state index contributed by atoms with van der Waals surface area (Å²) in [5.74, 6) is 1.89. The third-order valence-electron chi connectivity index (χ3n) is 2.32. The molecule has 2 aromatic heterocycles. The van der Waals surface area contributed by atoms with Crippen molar-refractivity contribution in [3.8, 4) is 0 Å². The van der Waals surface area contributed by atoms with Gasteiger partial charge >= 0.3 is 0 Å². The minimum absolute atomic E-state index is 0.863. The monoisotopic (exact) mass is 217 g/mol. The Morgan fingerprint density at radius 3 is 2.81 bits per heavy atom. The van der Waals surface area contributed by atoms with E-state index in [0.717, 1.165) is 36.7 Å². The molecule has 0 aliphatic rings. The Balaban J connectivity index is 1.74. The van der Waals surface area contributed by atoms with Crippen LogP contribution in [0.25, 0.3) is 0 Å². The van der Waals surface area contributed by atoms with Gasteiger partial charge in [0.25, 0.3) is 0 Å². The highest BCUT2D eigenvalue weighted by Crippen LogP contribution is 2.06. The number of anilines is 1. The molecule has 0 amide bonds. The normalized spacial score (nSPS) is 10.3. The van der Waals surface area contributed by atoms with Gasteiger partial charge in [-0.3, -0.25) is 4.98 Å². The maximum absolute atomic E-state index is 4.22. The molecular weight excluding hydrogens is 202 g/mol. The molecule has 2 aromatic rings. The highest BCUT2D eigenvalue weighted by atomic mass is 15.0. The molecule has 0 bridgehead atoms. The minimum Gasteiger partial charge on any atom is -0.369 e. The van der Waals surface area contributed by atoms with Gasteiger partial charge in [0.15, 0.2) is 0 Å². The highest BCUT2D eigenvalue weighted by molar-refractivity contribution is 5.37. The summed E-state index contributed by atoms with van der Waals surface area (Å²) in [5.41, 5.74) is 0.931. The van der Waals surface area contributed by atoms with Crippen LogP contribution in [0.15, 0.2) is 24.8 Å². The van der Waals surface area contributed by atoms with E-state index in [9.17, 15) is 0 Å². The second-order valence-electron chi connectivity index (χ2n) is 3.56. The minimum atomic E-state index is 0.863. The zero-order valence-electron chi connectivity index (χ0n) is 9.27. The van der Waals surface area contributed by atoms with Crippen molar-refractivity contribution >= 4 is 5.82 Å². The van der Waals surface area contributed by atoms with Gasteiger partial charge in [0.2, 0.25) is 0 Å². The van der Waals surface area contributed by atoms with E-state index in [1.165, 1.54) is 0 Å². The van der Waals surface area contributed by atoms with Gasteiger partial charge in [-0.25, -0.2) is 9.97 Å². The lowest BCUT2D eigenvalue weighted by Gasteiger charge is -2.06. The van der Waals surface area contributed by atoms with Gasteiger partial charge in [0, 0.05) is 37.8 Å². The van der Waals surface area contributed by atoms with Crippen LogP contribution in [0.2, 0.25) is 0 Å². The highest BCUT2D eigenvalue weighted by Gasteiger charge is 1.99. The van der Waals surface area contributed by atoms with E-state index in [4.69, 9.17) is 0 Å². The molecule has 5 nitrogen and oxygen atoms in total. The Bertz CT molecular complexity index is 424. The van der Waals surface area contributed by atoms with Crippen molar-refractivity contribution in [2.75, 3.05) is 11.9 Å². The molecule has 0 radical (unpaired) electrons. The van der Waals surface area contributed by atoms with Gasteiger partial charge in [-0.05, 0) is 13.3 Å². The molecule has 0 saturated carbocycles. The van der Waals surface area contributed by atoms with Gasteiger partial charge in [0.05, 0.1) is 5.69 Å². The number of imidazole rings is 1. The summed E-state index contributed by atoms with van der Waals surface area (Å²) >= 11 is 0. The second-order valence-corrected chi connectivity index (χ2v) is 3.56. The van der Waals surface area contributed by atoms with Gasteiger partial charge in [-0.2, -0.15) is 0 Å². The van der Waals surface area contributed by atoms with Gasteiger partial charge in [0.1, 0.15) is 11.6 Å². The van der Waals surface area contributed by atoms with Crippen molar-refractivity contribution in [3.63, 3.8) is 0 Å². The van der Waals surface area contributed by atoms with Crippen LogP contribution >= 0.6 is 0 Å². The van der Waals surface area contributed by atoms with E-state index < -0.39 is 0 Å². The number of nitrogens with zero attached hydrogens (tertiary/aromatic N) is 3. The number of hydrogen-bond donors (Lipinski definition) is 2. The van der Waals surface area contributed by atoms with Crippen molar-refractivity contribution in [2.45, 2.75) is 19.8 Å². The quantitative estimate of drug-likeness (QED) is 0.746. The lowest BCUT2D eigenvalue weighted by molar-refractivity contribution is 0.812. The number of nitrogens with one attached hydrogen (secondary N) is 2. The molecule has 2 heterocycles. The second kappa shape index (κ2) is 5.25. The van der Waals surface area contributed by atoms with Crippen molar-refractivity contribution in [1.29, 1.82) is 0 Å². The van der Waals surface area contributed by atoms with E-state index in [1.807, 2.05) is 13.1 Å². The predicted molar refractivity (Wildman–Crippen MR) is 62.2 cm³/mol. The van der Waals surface area contributed by atoms with E-state index in [2.05, 4.69) is 25.3 Å². The molecule has 84 valence electrons. The van der Waals surface area contributed by atoms with Crippen molar-refractivity contribution < 1.29 is 0 Å². The first-order valence-corrected chi connectivity index (χ1v) is 5.36. The fourth-order valence-corrected chi connectivity index (χ4v) is 1.48. The van der Waals surface area contributed by atoms with E-state index >= 15 is 0 Å². The Morgan fingerprint density at radius 1 is 1.19 bits per heavy atom. The smallest absolute Gasteiger partial charge is 0.147 e. The lowest BCUT2D eigenvalue weighted by atomic mass is 10.3. The molecule has 0 aliphatic carbocycles. The summed E-state index contributed by atoms with van der Waals surface area (Å²) in [5, 5.41) is 3.26. The van der Waals surface area contributed by atoms with Gasteiger partial charge in [-0.15, -0.1) is 0 Å². The molecule has 0 unspecified atom stereocenters. The molecule has 0 spiro atoms. The molecule has 16 heavy (non-hydrogen) atoms. The number of hydrogen-bond acceptors (Lipinski definition) is 4. The maximum atomic E-state index is 4.22. The molecule has 2 N–H and O–H groups in total. The summed E-state index contributed by atoms with van der Waals surface area (Å²) in [6.07, 6.45) is 8.97. The molecule has 0 saturated heterocycles. The molecule has 2 rings (SSSR count). The topological polar surface area (TPSA) is 66.5 Å². The third kappa shape index (κ3) is 2.79. The lowest BCUT2D eigenvalue weighted by Crippen LogP contribution is -2.07. The maximum Gasteiger partial charge on any atom is 0.147 e. The van der Waals surface area contributed by atoms with Crippen LogP contribution in [0.4, 0.5) is 5.82 Å².